The van der Waals surface area contributed by atoms with Crippen molar-refractivity contribution in [3.8, 4) is 11.3 Å². The lowest BCUT2D eigenvalue weighted by Crippen LogP contribution is -2.42. The third-order valence-corrected chi connectivity index (χ3v) is 7.38. The molecule has 0 spiro atoms. The maximum absolute atomic E-state index is 15.0. The van der Waals surface area contributed by atoms with Crippen LogP contribution in [0.25, 0.3) is 22.3 Å². The predicted octanol–water partition coefficient (Wildman–Crippen LogP) is 6.12. The number of aromatic nitrogens is 4. The number of halogens is 3. The molecule has 0 bridgehead atoms. The molecule has 2 aromatic carbocycles. The molecule has 0 unspecified atom stereocenters. The third-order valence-electron chi connectivity index (χ3n) is 7.38. The Morgan fingerprint density at radius 3 is 2.46 bits per heavy atom. The van der Waals surface area contributed by atoms with Crippen molar-refractivity contribution in [3.63, 3.8) is 0 Å². The molecule has 1 saturated heterocycles. The molecular weight excluding hydrogens is 503 g/mol. The van der Waals surface area contributed by atoms with Crippen LogP contribution in [0.15, 0.2) is 36.5 Å². The van der Waals surface area contributed by atoms with E-state index in [2.05, 4.69) is 37.4 Å². The number of likely N-dealkylation sites (tertiary alicyclic amines) is 1. The number of imidazole rings is 1. The molecule has 0 radical (unpaired) electrons. The van der Waals surface area contributed by atoms with E-state index in [1.54, 1.807) is 18.2 Å². The summed E-state index contributed by atoms with van der Waals surface area (Å²) in [5.74, 6) is -0.855. The van der Waals surface area contributed by atoms with Crippen LogP contribution in [0.3, 0.4) is 0 Å². The molecule has 0 aliphatic carbocycles. The van der Waals surface area contributed by atoms with Gasteiger partial charge in [0.25, 0.3) is 0 Å². The molecule has 10 heteroatoms. The highest BCUT2D eigenvalue weighted by Crippen LogP contribution is 2.30. The Morgan fingerprint density at radius 1 is 1.00 bits per heavy atom. The predicted molar refractivity (Wildman–Crippen MR) is 147 cm³/mol. The summed E-state index contributed by atoms with van der Waals surface area (Å²) in [4.78, 5) is 15.1. The summed E-state index contributed by atoms with van der Waals surface area (Å²) in [6, 6.07) is 8.15. The van der Waals surface area contributed by atoms with Crippen LogP contribution < -0.4 is 10.6 Å². The van der Waals surface area contributed by atoms with Crippen LogP contribution >= 0.6 is 0 Å². The molecule has 39 heavy (non-hydrogen) atoms. The highest BCUT2D eigenvalue weighted by atomic mass is 19.1. The number of anilines is 2. The lowest BCUT2D eigenvalue weighted by Gasteiger charge is -2.31. The van der Waals surface area contributed by atoms with Crippen LogP contribution in [0.2, 0.25) is 0 Å². The van der Waals surface area contributed by atoms with Crippen molar-refractivity contribution in [2.24, 2.45) is 0 Å². The molecule has 4 aromatic rings. The number of fused-ring (bicyclic) bond motifs is 1. The van der Waals surface area contributed by atoms with E-state index in [9.17, 15) is 13.2 Å². The zero-order chi connectivity index (χ0) is 27.7. The van der Waals surface area contributed by atoms with Gasteiger partial charge in [-0.2, -0.15) is 0 Å². The van der Waals surface area contributed by atoms with E-state index in [0.717, 1.165) is 38.7 Å². The summed E-state index contributed by atoms with van der Waals surface area (Å²) in [5, 5.41) is 6.41. The fourth-order valence-corrected chi connectivity index (χ4v) is 5.29. The molecule has 5 rings (SSSR count). The van der Waals surface area contributed by atoms with Gasteiger partial charge in [-0.1, -0.05) is 13.0 Å². The molecule has 1 fully saturated rings. The first-order valence-electron chi connectivity index (χ1n) is 13.5. The lowest BCUT2D eigenvalue weighted by molar-refractivity contribution is 0.205. The summed E-state index contributed by atoms with van der Waals surface area (Å²) < 4.78 is 46.6. The van der Waals surface area contributed by atoms with Crippen LogP contribution in [-0.4, -0.2) is 50.1 Å². The highest BCUT2D eigenvalue weighted by Gasteiger charge is 2.20. The number of aryl methyl sites for hydroxylation is 1. The summed E-state index contributed by atoms with van der Waals surface area (Å²) in [7, 11) is 0. The maximum Gasteiger partial charge on any atom is 0.227 e. The number of benzene rings is 2. The van der Waals surface area contributed by atoms with E-state index < -0.39 is 11.6 Å². The van der Waals surface area contributed by atoms with Crippen molar-refractivity contribution < 1.29 is 13.2 Å². The Morgan fingerprint density at radius 2 is 1.77 bits per heavy atom. The van der Waals surface area contributed by atoms with Crippen LogP contribution in [0.1, 0.15) is 51.0 Å². The Labute approximate surface area is 226 Å². The monoisotopic (exact) mass is 537 g/mol. The van der Waals surface area contributed by atoms with E-state index in [0.29, 0.717) is 35.2 Å². The van der Waals surface area contributed by atoms with Crippen molar-refractivity contribution in [2.45, 2.75) is 59.2 Å². The van der Waals surface area contributed by atoms with Crippen LogP contribution in [0.4, 0.5) is 24.8 Å². The molecule has 0 saturated carbocycles. The van der Waals surface area contributed by atoms with Gasteiger partial charge in [0, 0.05) is 35.4 Å². The van der Waals surface area contributed by atoms with Gasteiger partial charge in [-0.05, 0) is 77.5 Å². The topological polar surface area (TPSA) is 70.9 Å². The van der Waals surface area contributed by atoms with Gasteiger partial charge in [-0.15, -0.1) is 0 Å². The molecule has 1 aliphatic rings. The molecule has 3 heterocycles. The molecule has 0 amide bonds. The molecular formula is C29H34F3N7. The smallest absolute Gasteiger partial charge is 0.227 e. The standard InChI is InChI=1S/C29H34F3N7/c1-5-38-10-8-21(9-11-38)33-15-19-6-7-22(14-23(19)30)36-29-34-16-25(32)27(37-29)20-12-24(31)28-26(13-20)39(17(2)3)18(4)35-28/h6-7,12-14,16-17,21,33H,5,8-11,15H2,1-4H3,(H,34,36,37). The minimum atomic E-state index is -0.691. The van der Waals surface area contributed by atoms with Crippen molar-refractivity contribution in [3.05, 3.63) is 65.4 Å². The van der Waals surface area contributed by atoms with E-state index in [1.807, 2.05) is 25.3 Å². The second kappa shape index (κ2) is 11.3. The summed E-state index contributed by atoms with van der Waals surface area (Å²) in [6.07, 6.45) is 3.13. The van der Waals surface area contributed by atoms with E-state index in [4.69, 9.17) is 0 Å². The summed E-state index contributed by atoms with van der Waals surface area (Å²) >= 11 is 0. The summed E-state index contributed by atoms with van der Waals surface area (Å²) in [5.41, 5.74) is 2.00. The van der Waals surface area contributed by atoms with Gasteiger partial charge < -0.3 is 20.1 Å². The number of hydrogen-bond donors (Lipinski definition) is 2. The van der Waals surface area contributed by atoms with Crippen LogP contribution in [-0.2, 0) is 6.54 Å². The van der Waals surface area contributed by atoms with Crippen molar-refractivity contribution in [2.75, 3.05) is 25.0 Å². The van der Waals surface area contributed by atoms with Gasteiger partial charge in [-0.25, -0.2) is 28.1 Å². The molecule has 206 valence electrons. The number of nitrogens with zero attached hydrogens (tertiary/aromatic N) is 5. The SMILES string of the molecule is CCN1CCC(NCc2ccc(Nc3ncc(F)c(-c4cc(F)c5nc(C)n(C(C)C)c5c4)n3)cc2F)CC1. The first-order chi connectivity index (χ1) is 18.7. The second-order valence-corrected chi connectivity index (χ2v) is 10.4. The van der Waals surface area contributed by atoms with Gasteiger partial charge in [0.2, 0.25) is 5.95 Å². The normalized spacial score (nSPS) is 15.0. The Kier molecular flexibility index (Phi) is 7.86. The average Bonchev–Trinajstić information content (AvgIpc) is 3.26. The second-order valence-electron chi connectivity index (χ2n) is 10.4. The van der Waals surface area contributed by atoms with Gasteiger partial charge in [0.1, 0.15) is 22.9 Å². The number of piperidine rings is 1. The number of rotatable bonds is 8. The van der Waals surface area contributed by atoms with E-state index in [1.165, 1.54) is 12.1 Å². The largest absolute Gasteiger partial charge is 0.326 e. The molecule has 7 nitrogen and oxygen atoms in total. The fourth-order valence-electron chi connectivity index (χ4n) is 5.29. The Bertz CT molecular complexity index is 1480. The van der Waals surface area contributed by atoms with Crippen molar-refractivity contribution >= 4 is 22.7 Å². The molecule has 2 aromatic heterocycles. The van der Waals surface area contributed by atoms with Crippen molar-refractivity contribution in [1.29, 1.82) is 0 Å². The van der Waals surface area contributed by atoms with Crippen LogP contribution in [0.5, 0.6) is 0 Å². The fraction of sp³-hybridized carbons (Fsp3) is 0.414. The zero-order valence-corrected chi connectivity index (χ0v) is 22.7. The first kappa shape index (κ1) is 27.1. The minimum Gasteiger partial charge on any atom is -0.326 e. The summed E-state index contributed by atoms with van der Waals surface area (Å²) in [6.45, 7) is 11.5. The average molecular weight is 538 g/mol. The maximum atomic E-state index is 15.0. The number of nitrogens with one attached hydrogen (secondary N) is 2. The van der Waals surface area contributed by atoms with E-state index in [-0.39, 0.29) is 34.6 Å². The van der Waals surface area contributed by atoms with Gasteiger partial charge in [0.05, 0.1) is 11.7 Å². The third kappa shape index (κ3) is 5.77. The van der Waals surface area contributed by atoms with Gasteiger partial charge in [-0.3, -0.25) is 0 Å². The van der Waals surface area contributed by atoms with Gasteiger partial charge >= 0.3 is 0 Å². The van der Waals surface area contributed by atoms with Gasteiger partial charge in [0.15, 0.2) is 11.6 Å². The quantitative estimate of drug-likeness (QED) is 0.282. The lowest BCUT2D eigenvalue weighted by atomic mass is 10.0. The van der Waals surface area contributed by atoms with Crippen LogP contribution in [0, 0.1) is 24.4 Å². The van der Waals surface area contributed by atoms with Crippen molar-refractivity contribution in [1.82, 2.24) is 29.7 Å². The Balaban J connectivity index is 1.33. The molecule has 2 N–H and O–H groups in total. The molecule has 0 atom stereocenters. The highest BCUT2D eigenvalue weighted by molar-refractivity contribution is 5.83. The zero-order valence-electron chi connectivity index (χ0n) is 22.7. The van der Waals surface area contributed by atoms with E-state index >= 15 is 0 Å². The minimum absolute atomic E-state index is 0.0410. The number of hydrogen-bond acceptors (Lipinski definition) is 6. The Hall–Kier alpha value is -3.50. The first-order valence-corrected chi connectivity index (χ1v) is 13.5. The molecule has 1 aliphatic heterocycles.